The SMILES string of the molecule is O=Cc1cc2ccc(CCl)c(O)c2s1. The summed E-state index contributed by atoms with van der Waals surface area (Å²) in [5, 5.41) is 10.6. The minimum absolute atomic E-state index is 0.190. The zero-order chi connectivity index (χ0) is 10.1. The van der Waals surface area contributed by atoms with Crippen molar-refractivity contribution in [3.05, 3.63) is 28.6 Å². The van der Waals surface area contributed by atoms with Crippen LogP contribution < -0.4 is 0 Å². The first-order chi connectivity index (χ1) is 6.76. The van der Waals surface area contributed by atoms with Crippen molar-refractivity contribution in [2.24, 2.45) is 0 Å². The summed E-state index contributed by atoms with van der Waals surface area (Å²) >= 11 is 6.93. The van der Waals surface area contributed by atoms with Crippen LogP contribution in [0.1, 0.15) is 15.2 Å². The fourth-order valence-electron chi connectivity index (χ4n) is 1.31. The molecule has 72 valence electrons. The van der Waals surface area contributed by atoms with Gasteiger partial charge >= 0.3 is 0 Å². The van der Waals surface area contributed by atoms with Gasteiger partial charge in [0.05, 0.1) is 15.5 Å². The predicted octanol–water partition coefficient (Wildman–Crippen LogP) is 3.16. The van der Waals surface area contributed by atoms with Gasteiger partial charge in [-0.2, -0.15) is 0 Å². The van der Waals surface area contributed by atoms with E-state index in [2.05, 4.69) is 0 Å². The van der Waals surface area contributed by atoms with Gasteiger partial charge in [-0.25, -0.2) is 0 Å². The smallest absolute Gasteiger partial charge is 0.160 e. The Kier molecular flexibility index (Phi) is 2.44. The lowest BCUT2D eigenvalue weighted by atomic mass is 10.2. The highest BCUT2D eigenvalue weighted by Gasteiger charge is 2.08. The van der Waals surface area contributed by atoms with E-state index in [1.54, 1.807) is 12.1 Å². The number of phenolic OH excluding ortho intramolecular Hbond substituents is 1. The summed E-state index contributed by atoms with van der Waals surface area (Å²) in [4.78, 5) is 11.2. The minimum atomic E-state index is 0.190. The number of alkyl halides is 1. The van der Waals surface area contributed by atoms with Crippen molar-refractivity contribution < 1.29 is 9.90 Å². The molecule has 2 rings (SSSR count). The number of hydrogen-bond acceptors (Lipinski definition) is 3. The van der Waals surface area contributed by atoms with Crippen LogP contribution in [0.15, 0.2) is 18.2 Å². The lowest BCUT2D eigenvalue weighted by Gasteiger charge is -2.00. The van der Waals surface area contributed by atoms with E-state index in [1.807, 2.05) is 6.07 Å². The minimum Gasteiger partial charge on any atom is -0.506 e. The average Bonchev–Trinajstić information content (AvgIpc) is 2.62. The van der Waals surface area contributed by atoms with Gasteiger partial charge in [-0.15, -0.1) is 22.9 Å². The summed E-state index contributed by atoms with van der Waals surface area (Å²) in [7, 11) is 0. The van der Waals surface area contributed by atoms with Crippen LogP contribution in [0.4, 0.5) is 0 Å². The van der Waals surface area contributed by atoms with Gasteiger partial charge in [0.25, 0.3) is 0 Å². The molecule has 0 aliphatic heterocycles. The number of halogens is 1. The monoisotopic (exact) mass is 226 g/mol. The van der Waals surface area contributed by atoms with Crippen LogP contribution in [-0.4, -0.2) is 11.4 Å². The molecule has 0 unspecified atom stereocenters. The number of carbonyl (C=O) groups is 1. The molecule has 0 saturated carbocycles. The van der Waals surface area contributed by atoms with Gasteiger partial charge in [0, 0.05) is 5.56 Å². The van der Waals surface area contributed by atoms with Crippen LogP contribution >= 0.6 is 22.9 Å². The van der Waals surface area contributed by atoms with E-state index in [0.29, 0.717) is 10.4 Å². The number of fused-ring (bicyclic) bond motifs is 1. The largest absolute Gasteiger partial charge is 0.506 e. The fourth-order valence-corrected chi connectivity index (χ4v) is 2.47. The number of rotatable bonds is 2. The van der Waals surface area contributed by atoms with Crippen molar-refractivity contribution in [2.45, 2.75) is 5.88 Å². The molecule has 4 heteroatoms. The third kappa shape index (κ3) is 1.38. The highest BCUT2D eigenvalue weighted by molar-refractivity contribution is 7.20. The van der Waals surface area contributed by atoms with Gasteiger partial charge in [-0.05, 0) is 11.5 Å². The molecule has 0 aliphatic carbocycles. The molecule has 1 aromatic heterocycles. The Morgan fingerprint density at radius 3 is 2.93 bits per heavy atom. The second kappa shape index (κ2) is 3.59. The first-order valence-electron chi connectivity index (χ1n) is 4.02. The lowest BCUT2D eigenvalue weighted by Crippen LogP contribution is -1.77. The molecule has 1 aromatic carbocycles. The lowest BCUT2D eigenvalue weighted by molar-refractivity contribution is 0.112. The third-order valence-corrected chi connectivity index (χ3v) is 3.39. The van der Waals surface area contributed by atoms with Crippen LogP contribution in [0.3, 0.4) is 0 Å². The molecule has 0 spiro atoms. The molecule has 0 amide bonds. The second-order valence-electron chi connectivity index (χ2n) is 2.89. The first kappa shape index (κ1) is 9.49. The molecule has 0 aliphatic rings. The number of phenols is 1. The van der Waals surface area contributed by atoms with Gasteiger partial charge in [0.15, 0.2) is 6.29 Å². The average molecular weight is 227 g/mol. The maximum atomic E-state index is 10.5. The summed E-state index contributed by atoms with van der Waals surface area (Å²) in [6.45, 7) is 0. The van der Waals surface area contributed by atoms with Crippen LogP contribution in [0, 0.1) is 0 Å². The summed E-state index contributed by atoms with van der Waals surface area (Å²) in [6, 6.07) is 5.38. The predicted molar refractivity (Wildman–Crippen MR) is 58.4 cm³/mol. The van der Waals surface area contributed by atoms with Gasteiger partial charge < -0.3 is 5.11 Å². The molecule has 0 saturated heterocycles. The van der Waals surface area contributed by atoms with E-state index in [-0.39, 0.29) is 11.6 Å². The first-order valence-corrected chi connectivity index (χ1v) is 5.37. The Balaban J connectivity index is 2.74. The molecule has 2 nitrogen and oxygen atoms in total. The molecule has 14 heavy (non-hydrogen) atoms. The van der Waals surface area contributed by atoms with Gasteiger partial charge in [-0.3, -0.25) is 4.79 Å². The van der Waals surface area contributed by atoms with E-state index in [4.69, 9.17) is 11.6 Å². The van der Waals surface area contributed by atoms with Crippen LogP contribution in [0.5, 0.6) is 5.75 Å². The fraction of sp³-hybridized carbons (Fsp3) is 0.100. The van der Waals surface area contributed by atoms with Gasteiger partial charge in [0.2, 0.25) is 0 Å². The molecule has 1 N–H and O–H groups in total. The van der Waals surface area contributed by atoms with Gasteiger partial charge in [-0.1, -0.05) is 12.1 Å². The van der Waals surface area contributed by atoms with E-state index in [0.717, 1.165) is 16.4 Å². The molecular formula is C10H7ClO2S. The van der Waals surface area contributed by atoms with E-state index in [1.165, 1.54) is 11.3 Å². The Hall–Kier alpha value is -1.06. The number of hydrogen-bond donors (Lipinski definition) is 1. The summed E-state index contributed by atoms with van der Waals surface area (Å²) in [5.74, 6) is 0.464. The van der Waals surface area contributed by atoms with Gasteiger partial charge in [0.1, 0.15) is 5.75 Å². The number of thiophene rings is 1. The summed E-state index contributed by atoms with van der Waals surface area (Å²) in [6.07, 6.45) is 0.782. The maximum Gasteiger partial charge on any atom is 0.160 e. The highest BCUT2D eigenvalue weighted by Crippen LogP contribution is 2.35. The Morgan fingerprint density at radius 2 is 2.29 bits per heavy atom. The normalized spacial score (nSPS) is 10.6. The van der Waals surface area contributed by atoms with Crippen molar-refractivity contribution in [1.29, 1.82) is 0 Å². The molecule has 0 atom stereocenters. The number of aldehydes is 1. The standard InChI is InChI=1S/C10H7ClO2S/c11-4-7-2-1-6-3-8(5-12)14-10(6)9(7)13/h1-3,5,13H,4H2. The topological polar surface area (TPSA) is 37.3 Å². The molecular weight excluding hydrogens is 220 g/mol. The number of carbonyl (C=O) groups excluding carboxylic acids is 1. The van der Waals surface area contributed by atoms with Crippen molar-refractivity contribution in [3.8, 4) is 5.75 Å². The third-order valence-electron chi connectivity index (χ3n) is 2.02. The second-order valence-corrected chi connectivity index (χ2v) is 4.24. The van der Waals surface area contributed by atoms with E-state index >= 15 is 0 Å². The maximum absolute atomic E-state index is 10.5. The molecule has 2 aromatic rings. The highest BCUT2D eigenvalue weighted by atomic mass is 35.5. The Bertz CT molecular complexity index is 490. The van der Waals surface area contributed by atoms with Crippen molar-refractivity contribution in [1.82, 2.24) is 0 Å². The Labute approximate surface area is 89.7 Å². The van der Waals surface area contributed by atoms with Crippen LogP contribution in [0.25, 0.3) is 10.1 Å². The molecule has 0 radical (unpaired) electrons. The number of aromatic hydroxyl groups is 1. The number of benzene rings is 1. The Morgan fingerprint density at radius 1 is 1.50 bits per heavy atom. The van der Waals surface area contributed by atoms with Crippen LogP contribution in [-0.2, 0) is 5.88 Å². The summed E-state index contributed by atoms with van der Waals surface area (Å²) in [5.41, 5.74) is 0.693. The van der Waals surface area contributed by atoms with Crippen molar-refractivity contribution >= 4 is 39.3 Å². The molecule has 0 bridgehead atoms. The molecule has 0 fully saturated rings. The van der Waals surface area contributed by atoms with Crippen molar-refractivity contribution in [2.75, 3.05) is 0 Å². The van der Waals surface area contributed by atoms with Crippen molar-refractivity contribution in [3.63, 3.8) is 0 Å². The zero-order valence-electron chi connectivity index (χ0n) is 7.16. The quantitative estimate of drug-likeness (QED) is 0.631. The molecule has 1 heterocycles. The summed E-state index contributed by atoms with van der Waals surface area (Å²) < 4.78 is 0.727. The van der Waals surface area contributed by atoms with Crippen LogP contribution in [0.2, 0.25) is 0 Å². The van der Waals surface area contributed by atoms with E-state index in [9.17, 15) is 9.90 Å². The zero-order valence-corrected chi connectivity index (χ0v) is 8.73. The van der Waals surface area contributed by atoms with E-state index < -0.39 is 0 Å².